The molecule has 0 aromatic heterocycles. The summed E-state index contributed by atoms with van der Waals surface area (Å²) >= 11 is 0. The number of amides is 2. The number of urea groups is 1. The van der Waals surface area contributed by atoms with Gasteiger partial charge >= 0.3 is 12.0 Å². The van der Waals surface area contributed by atoms with Crippen LogP contribution in [0.5, 0.6) is 0 Å². The lowest BCUT2D eigenvalue weighted by Gasteiger charge is -2.30. The summed E-state index contributed by atoms with van der Waals surface area (Å²) < 4.78 is 31.2. The van der Waals surface area contributed by atoms with Crippen LogP contribution in [0.2, 0.25) is 0 Å². The van der Waals surface area contributed by atoms with E-state index >= 15 is 0 Å². The highest BCUT2D eigenvalue weighted by Crippen LogP contribution is 2.31. The van der Waals surface area contributed by atoms with E-state index in [1.54, 1.807) is 25.1 Å². The molecule has 3 rings (SSSR count). The zero-order valence-electron chi connectivity index (χ0n) is 18.6. The molecule has 0 saturated carbocycles. The summed E-state index contributed by atoms with van der Waals surface area (Å²) in [5.41, 5.74) is 1.78. The fourth-order valence-corrected chi connectivity index (χ4v) is 4.85. The van der Waals surface area contributed by atoms with Gasteiger partial charge in [-0.1, -0.05) is 63.2 Å². The molecule has 2 amide bonds. The molecule has 32 heavy (non-hydrogen) atoms. The van der Waals surface area contributed by atoms with Crippen molar-refractivity contribution in [1.29, 1.82) is 0 Å². The molecule has 0 bridgehead atoms. The summed E-state index contributed by atoms with van der Waals surface area (Å²) in [6.45, 7) is 8.05. The Morgan fingerprint density at radius 3 is 2.22 bits per heavy atom. The predicted octanol–water partition coefficient (Wildman–Crippen LogP) is 3.63. The Bertz CT molecular complexity index is 1130. The Labute approximate surface area is 188 Å². The van der Waals surface area contributed by atoms with Crippen LogP contribution in [0.1, 0.15) is 44.9 Å². The maximum Gasteiger partial charge on any atom is 0.338 e. The van der Waals surface area contributed by atoms with E-state index in [0.717, 1.165) is 5.56 Å². The zero-order valence-corrected chi connectivity index (χ0v) is 19.5. The molecule has 0 fully saturated rings. The molecule has 0 spiro atoms. The lowest BCUT2D eigenvalue weighted by Crippen LogP contribution is -2.47. The second-order valence-corrected chi connectivity index (χ2v) is 10.6. The quantitative estimate of drug-likeness (QED) is 0.647. The van der Waals surface area contributed by atoms with E-state index in [9.17, 15) is 18.0 Å². The Balaban J connectivity index is 2.08. The second kappa shape index (κ2) is 9.16. The molecule has 1 unspecified atom stereocenters. The van der Waals surface area contributed by atoms with Crippen molar-refractivity contribution >= 4 is 21.8 Å². The number of rotatable bonds is 6. The number of carbonyl (C=O) groups excluding carboxylic acids is 2. The average molecular weight is 457 g/mol. The highest BCUT2D eigenvalue weighted by molar-refractivity contribution is 7.91. The van der Waals surface area contributed by atoms with Gasteiger partial charge in [0.25, 0.3) is 0 Å². The van der Waals surface area contributed by atoms with Gasteiger partial charge in [0.05, 0.1) is 28.9 Å². The highest BCUT2D eigenvalue weighted by Gasteiger charge is 2.35. The van der Waals surface area contributed by atoms with Gasteiger partial charge < -0.3 is 15.4 Å². The summed E-state index contributed by atoms with van der Waals surface area (Å²) in [5.74, 6) is -1.21. The van der Waals surface area contributed by atoms with Gasteiger partial charge in [-0.3, -0.25) is 0 Å². The van der Waals surface area contributed by atoms with Crippen LogP contribution < -0.4 is 10.6 Å². The molecule has 0 aliphatic carbocycles. The van der Waals surface area contributed by atoms with E-state index in [4.69, 9.17) is 4.74 Å². The number of nitrogens with one attached hydrogen (secondary N) is 2. The van der Waals surface area contributed by atoms with Crippen molar-refractivity contribution in [2.75, 3.05) is 12.4 Å². The van der Waals surface area contributed by atoms with Gasteiger partial charge in [0.15, 0.2) is 9.84 Å². The molecule has 1 heterocycles. The first kappa shape index (κ1) is 23.5. The maximum absolute atomic E-state index is 13.0. The van der Waals surface area contributed by atoms with Crippen molar-refractivity contribution in [3.63, 3.8) is 0 Å². The number of benzene rings is 2. The van der Waals surface area contributed by atoms with Crippen LogP contribution in [0.3, 0.4) is 0 Å². The van der Waals surface area contributed by atoms with E-state index < -0.39 is 33.6 Å². The number of esters is 1. The van der Waals surface area contributed by atoms with Crippen molar-refractivity contribution in [2.45, 2.75) is 44.0 Å². The van der Waals surface area contributed by atoms with E-state index in [1.807, 2.05) is 24.3 Å². The Kier molecular flexibility index (Phi) is 6.74. The minimum atomic E-state index is -3.80. The van der Waals surface area contributed by atoms with Crippen LogP contribution in [0, 0.1) is 0 Å². The fraction of sp³-hybridized carbons (Fsp3) is 0.333. The summed E-state index contributed by atoms with van der Waals surface area (Å²) in [6.07, 6.45) is 0. The summed E-state index contributed by atoms with van der Waals surface area (Å²) in [5, 5.41) is 5.25. The summed E-state index contributed by atoms with van der Waals surface area (Å²) in [6, 6.07) is 14.0. The molecule has 7 nitrogen and oxygen atoms in total. The van der Waals surface area contributed by atoms with Gasteiger partial charge in [-0.15, -0.1) is 0 Å². The number of carbonyl (C=O) groups is 2. The first-order chi connectivity index (χ1) is 15.0. The fourth-order valence-electron chi connectivity index (χ4n) is 3.51. The molecular formula is C24H28N2O5S. The van der Waals surface area contributed by atoms with Gasteiger partial charge in [-0.2, -0.15) is 0 Å². The molecule has 1 aliphatic rings. The summed E-state index contributed by atoms with van der Waals surface area (Å²) in [7, 11) is -3.80. The van der Waals surface area contributed by atoms with Crippen LogP contribution in [0.15, 0.2) is 70.8 Å². The van der Waals surface area contributed by atoms with Crippen LogP contribution in [-0.2, 0) is 24.8 Å². The first-order valence-electron chi connectivity index (χ1n) is 10.4. The molecule has 2 N–H and O–H groups in total. The normalized spacial score (nSPS) is 16.9. The molecule has 1 aliphatic heterocycles. The van der Waals surface area contributed by atoms with Crippen molar-refractivity contribution < 1.29 is 22.7 Å². The molecule has 170 valence electrons. The van der Waals surface area contributed by atoms with Crippen molar-refractivity contribution in [3.8, 4) is 0 Å². The lowest BCUT2D eigenvalue weighted by atomic mass is 9.85. The number of sulfone groups is 1. The lowest BCUT2D eigenvalue weighted by molar-refractivity contribution is -0.139. The average Bonchev–Trinajstić information content (AvgIpc) is 2.73. The Hall–Kier alpha value is -3.13. The van der Waals surface area contributed by atoms with E-state index in [-0.39, 0.29) is 28.2 Å². The molecule has 0 radical (unpaired) electrons. The van der Waals surface area contributed by atoms with E-state index in [1.165, 1.54) is 12.1 Å². The third-order valence-corrected chi connectivity index (χ3v) is 6.85. The SMILES string of the molecule is CCOC(=O)C1=C(CS(=O)(=O)c2ccccc2)NC(=O)NC1c1ccc(C(C)(C)C)cc1. The largest absolute Gasteiger partial charge is 0.463 e. The van der Waals surface area contributed by atoms with Crippen molar-refractivity contribution in [2.24, 2.45) is 0 Å². The van der Waals surface area contributed by atoms with Crippen molar-refractivity contribution in [3.05, 3.63) is 77.0 Å². The number of ether oxygens (including phenoxy) is 1. The van der Waals surface area contributed by atoms with Gasteiger partial charge in [-0.05, 0) is 35.6 Å². The van der Waals surface area contributed by atoms with E-state index in [2.05, 4.69) is 31.4 Å². The topological polar surface area (TPSA) is 102 Å². The first-order valence-corrected chi connectivity index (χ1v) is 12.0. The molecule has 2 aromatic rings. The summed E-state index contributed by atoms with van der Waals surface area (Å²) in [4.78, 5) is 25.4. The molecule has 1 atom stereocenters. The van der Waals surface area contributed by atoms with Gasteiger partial charge in [0.1, 0.15) is 0 Å². The number of hydrogen-bond acceptors (Lipinski definition) is 5. The van der Waals surface area contributed by atoms with Crippen LogP contribution in [-0.4, -0.2) is 32.8 Å². The Morgan fingerprint density at radius 2 is 1.66 bits per heavy atom. The third kappa shape index (κ3) is 5.19. The number of hydrogen-bond donors (Lipinski definition) is 2. The smallest absolute Gasteiger partial charge is 0.338 e. The van der Waals surface area contributed by atoms with Gasteiger partial charge in [-0.25, -0.2) is 18.0 Å². The van der Waals surface area contributed by atoms with E-state index in [0.29, 0.717) is 5.56 Å². The molecule has 8 heteroatoms. The minimum Gasteiger partial charge on any atom is -0.463 e. The van der Waals surface area contributed by atoms with Gasteiger partial charge in [0.2, 0.25) is 0 Å². The van der Waals surface area contributed by atoms with Crippen LogP contribution in [0.4, 0.5) is 4.79 Å². The third-order valence-electron chi connectivity index (χ3n) is 5.20. The second-order valence-electron chi connectivity index (χ2n) is 8.59. The van der Waals surface area contributed by atoms with Crippen LogP contribution >= 0.6 is 0 Å². The van der Waals surface area contributed by atoms with Crippen molar-refractivity contribution in [1.82, 2.24) is 10.6 Å². The highest BCUT2D eigenvalue weighted by atomic mass is 32.2. The Morgan fingerprint density at radius 1 is 1.03 bits per heavy atom. The zero-order chi connectivity index (χ0) is 23.5. The minimum absolute atomic E-state index is 0.0148. The molecule has 2 aromatic carbocycles. The maximum atomic E-state index is 13.0. The molecular weight excluding hydrogens is 428 g/mol. The molecule has 0 saturated heterocycles. The standard InChI is InChI=1S/C24H28N2O5S/c1-5-31-22(27)20-19(15-32(29,30)18-9-7-6-8-10-18)25-23(28)26-21(20)16-11-13-17(14-12-16)24(2,3)4/h6-14,21H,5,15H2,1-4H3,(H2,25,26,28). The van der Waals surface area contributed by atoms with Gasteiger partial charge in [0, 0.05) is 5.70 Å². The predicted molar refractivity (Wildman–Crippen MR) is 122 cm³/mol. The van der Waals surface area contributed by atoms with Crippen LogP contribution in [0.25, 0.3) is 0 Å². The monoisotopic (exact) mass is 456 g/mol.